The number of benzene rings is 1. The molecule has 1 N–H and O–H groups in total. The van der Waals surface area contributed by atoms with Crippen molar-refractivity contribution in [2.75, 3.05) is 13.1 Å². The maximum atomic E-state index is 12.9. The second-order valence-corrected chi connectivity index (χ2v) is 9.09. The van der Waals surface area contributed by atoms with Crippen LogP contribution < -0.4 is 5.32 Å². The first-order valence-electron chi connectivity index (χ1n) is 8.02. The third kappa shape index (κ3) is 4.26. The van der Waals surface area contributed by atoms with Crippen molar-refractivity contribution < 1.29 is 17.6 Å². The number of rotatable bonds is 5. The Kier molecular flexibility index (Phi) is 5.51. The average molecular weight is 382 g/mol. The van der Waals surface area contributed by atoms with Gasteiger partial charge in [0.25, 0.3) is 10.0 Å². The maximum absolute atomic E-state index is 12.9. The summed E-state index contributed by atoms with van der Waals surface area (Å²) in [5, 5.41) is 4.54. The van der Waals surface area contributed by atoms with Gasteiger partial charge in [0, 0.05) is 19.6 Å². The van der Waals surface area contributed by atoms with E-state index in [0.717, 1.165) is 5.56 Å². The fourth-order valence-electron chi connectivity index (χ4n) is 2.85. The normalized spacial score (nSPS) is 18.8. The summed E-state index contributed by atoms with van der Waals surface area (Å²) in [4.78, 5) is 12.4. The van der Waals surface area contributed by atoms with Gasteiger partial charge in [0.15, 0.2) is 0 Å². The first-order valence-corrected chi connectivity index (χ1v) is 10.3. The zero-order valence-electron chi connectivity index (χ0n) is 13.5. The Morgan fingerprint density at radius 3 is 2.72 bits per heavy atom. The first kappa shape index (κ1) is 18.0. The van der Waals surface area contributed by atoms with Crippen LogP contribution in [0.25, 0.3) is 0 Å². The van der Waals surface area contributed by atoms with Crippen LogP contribution in [0.4, 0.5) is 4.39 Å². The number of halogens is 1. The van der Waals surface area contributed by atoms with Crippen molar-refractivity contribution in [1.82, 2.24) is 9.62 Å². The molecule has 1 aromatic carbocycles. The van der Waals surface area contributed by atoms with Crippen LogP contribution >= 0.6 is 11.3 Å². The molecule has 0 aliphatic carbocycles. The Labute approximate surface area is 150 Å². The van der Waals surface area contributed by atoms with Gasteiger partial charge in [-0.05, 0) is 42.0 Å². The molecule has 1 aliphatic heterocycles. The summed E-state index contributed by atoms with van der Waals surface area (Å²) in [7, 11) is -3.53. The van der Waals surface area contributed by atoms with Crippen LogP contribution in [-0.4, -0.2) is 31.7 Å². The molecule has 5 nitrogen and oxygen atoms in total. The first-order chi connectivity index (χ1) is 12.0. The van der Waals surface area contributed by atoms with Gasteiger partial charge in [-0.15, -0.1) is 11.3 Å². The monoisotopic (exact) mass is 382 g/mol. The number of amides is 1. The van der Waals surface area contributed by atoms with Crippen LogP contribution in [0.5, 0.6) is 0 Å². The van der Waals surface area contributed by atoms with Crippen molar-refractivity contribution in [2.24, 2.45) is 5.92 Å². The number of carbonyl (C=O) groups excluding carboxylic acids is 1. The van der Waals surface area contributed by atoms with E-state index in [-0.39, 0.29) is 24.2 Å². The molecule has 1 aromatic heterocycles. The highest BCUT2D eigenvalue weighted by molar-refractivity contribution is 7.91. The minimum absolute atomic E-state index is 0.171. The zero-order valence-corrected chi connectivity index (χ0v) is 15.2. The molecule has 1 fully saturated rings. The highest BCUT2D eigenvalue weighted by Gasteiger charge is 2.33. The second-order valence-electron chi connectivity index (χ2n) is 5.98. The molecule has 1 saturated heterocycles. The standard InChI is InChI=1S/C17H19FN2O3S2/c18-15-7-5-13(6-8-15)11-19-17(21)14-3-1-9-20(12-14)25(22,23)16-4-2-10-24-16/h2,4-8,10,14H,1,3,9,11-12H2,(H,19,21)/t14-/m1/s1. The SMILES string of the molecule is O=C(NCc1ccc(F)cc1)[C@@H]1CCCN(S(=O)(=O)c2cccs2)C1. The highest BCUT2D eigenvalue weighted by atomic mass is 32.2. The van der Waals surface area contributed by atoms with E-state index < -0.39 is 10.0 Å². The maximum Gasteiger partial charge on any atom is 0.252 e. The second kappa shape index (κ2) is 7.63. The molecule has 0 bridgehead atoms. The minimum Gasteiger partial charge on any atom is -0.352 e. The van der Waals surface area contributed by atoms with Gasteiger partial charge in [0.05, 0.1) is 5.92 Å². The van der Waals surface area contributed by atoms with Crippen LogP contribution in [0.3, 0.4) is 0 Å². The molecule has 0 saturated carbocycles. The molecule has 2 aromatic rings. The molecule has 1 amide bonds. The fraction of sp³-hybridized carbons (Fsp3) is 0.353. The fourth-order valence-corrected chi connectivity index (χ4v) is 5.52. The summed E-state index contributed by atoms with van der Waals surface area (Å²) >= 11 is 1.18. The van der Waals surface area contributed by atoms with Crippen molar-refractivity contribution in [3.05, 3.63) is 53.2 Å². The molecular weight excluding hydrogens is 363 g/mol. The lowest BCUT2D eigenvalue weighted by Gasteiger charge is -2.30. The molecule has 0 unspecified atom stereocenters. The van der Waals surface area contributed by atoms with Gasteiger partial charge in [0.1, 0.15) is 10.0 Å². The van der Waals surface area contributed by atoms with Crippen LogP contribution in [0.1, 0.15) is 18.4 Å². The molecule has 2 heterocycles. The molecule has 0 radical (unpaired) electrons. The lowest BCUT2D eigenvalue weighted by atomic mass is 9.99. The van der Waals surface area contributed by atoms with Gasteiger partial charge < -0.3 is 5.32 Å². The average Bonchev–Trinajstić information content (AvgIpc) is 3.16. The third-order valence-electron chi connectivity index (χ3n) is 4.22. The van der Waals surface area contributed by atoms with E-state index in [1.54, 1.807) is 29.6 Å². The van der Waals surface area contributed by atoms with E-state index in [9.17, 15) is 17.6 Å². The van der Waals surface area contributed by atoms with Crippen molar-refractivity contribution >= 4 is 27.3 Å². The van der Waals surface area contributed by atoms with Gasteiger partial charge in [-0.1, -0.05) is 18.2 Å². The van der Waals surface area contributed by atoms with E-state index in [2.05, 4.69) is 5.32 Å². The summed E-state index contributed by atoms with van der Waals surface area (Å²) in [5.74, 6) is -0.865. The molecule has 1 aliphatic rings. The van der Waals surface area contributed by atoms with E-state index in [0.29, 0.717) is 30.1 Å². The number of nitrogens with one attached hydrogen (secondary N) is 1. The zero-order chi connectivity index (χ0) is 17.9. The lowest BCUT2D eigenvalue weighted by molar-refractivity contribution is -0.126. The molecular formula is C17H19FN2O3S2. The van der Waals surface area contributed by atoms with Crippen molar-refractivity contribution in [3.63, 3.8) is 0 Å². The predicted molar refractivity (Wildman–Crippen MR) is 94.0 cm³/mol. The Bertz CT molecular complexity index is 820. The van der Waals surface area contributed by atoms with Crippen molar-refractivity contribution in [2.45, 2.75) is 23.6 Å². The summed E-state index contributed by atoms with van der Waals surface area (Å²) in [6.45, 7) is 0.921. The van der Waals surface area contributed by atoms with Gasteiger partial charge in [0.2, 0.25) is 5.91 Å². The minimum atomic E-state index is -3.53. The topological polar surface area (TPSA) is 66.5 Å². The number of hydrogen-bond donors (Lipinski definition) is 1. The van der Waals surface area contributed by atoms with Crippen molar-refractivity contribution in [3.8, 4) is 0 Å². The van der Waals surface area contributed by atoms with Gasteiger partial charge in [-0.2, -0.15) is 4.31 Å². The summed E-state index contributed by atoms with van der Waals surface area (Å²) in [6.07, 6.45) is 1.31. The number of carbonyl (C=O) groups is 1. The van der Waals surface area contributed by atoms with Crippen LogP contribution in [0, 0.1) is 11.7 Å². The van der Waals surface area contributed by atoms with E-state index in [4.69, 9.17) is 0 Å². The molecule has 8 heteroatoms. The summed E-state index contributed by atoms with van der Waals surface area (Å²) in [6, 6.07) is 9.20. The molecule has 134 valence electrons. The molecule has 3 rings (SSSR count). The highest BCUT2D eigenvalue weighted by Crippen LogP contribution is 2.26. The van der Waals surface area contributed by atoms with Gasteiger partial charge >= 0.3 is 0 Å². The predicted octanol–water partition coefficient (Wildman–Crippen LogP) is 2.60. The summed E-state index contributed by atoms with van der Waals surface area (Å²) in [5.41, 5.74) is 0.800. The number of piperidine rings is 1. The number of thiophene rings is 1. The Balaban J connectivity index is 1.61. The van der Waals surface area contributed by atoms with E-state index in [1.165, 1.54) is 27.8 Å². The lowest BCUT2D eigenvalue weighted by Crippen LogP contribution is -2.45. The van der Waals surface area contributed by atoms with Crippen LogP contribution in [0.2, 0.25) is 0 Å². The number of hydrogen-bond acceptors (Lipinski definition) is 4. The summed E-state index contributed by atoms with van der Waals surface area (Å²) < 4.78 is 39.8. The molecule has 0 spiro atoms. The number of nitrogens with zero attached hydrogens (tertiary/aromatic N) is 1. The van der Waals surface area contributed by atoms with Crippen LogP contribution in [0.15, 0.2) is 46.0 Å². The Morgan fingerprint density at radius 2 is 2.04 bits per heavy atom. The number of sulfonamides is 1. The van der Waals surface area contributed by atoms with E-state index in [1.807, 2.05) is 0 Å². The van der Waals surface area contributed by atoms with Crippen molar-refractivity contribution in [1.29, 1.82) is 0 Å². The quantitative estimate of drug-likeness (QED) is 0.864. The molecule has 25 heavy (non-hydrogen) atoms. The third-order valence-corrected chi connectivity index (χ3v) is 7.46. The Hall–Kier alpha value is -1.77. The van der Waals surface area contributed by atoms with Gasteiger partial charge in [-0.3, -0.25) is 4.79 Å². The smallest absolute Gasteiger partial charge is 0.252 e. The van der Waals surface area contributed by atoms with Crippen LogP contribution in [-0.2, 0) is 21.4 Å². The Morgan fingerprint density at radius 1 is 1.28 bits per heavy atom. The molecule has 1 atom stereocenters. The largest absolute Gasteiger partial charge is 0.352 e. The van der Waals surface area contributed by atoms with E-state index >= 15 is 0 Å². The van der Waals surface area contributed by atoms with Gasteiger partial charge in [-0.25, -0.2) is 12.8 Å².